The highest BCUT2D eigenvalue weighted by molar-refractivity contribution is 5.70. The molecule has 1 N–H and O–H groups in total. The van der Waals surface area contributed by atoms with E-state index in [2.05, 4.69) is 61.0 Å². The maximum absolute atomic E-state index is 17.0. The van der Waals surface area contributed by atoms with Gasteiger partial charge in [0.25, 0.3) is 0 Å². The van der Waals surface area contributed by atoms with Crippen LogP contribution in [0.15, 0.2) is 48.8 Å². The summed E-state index contributed by atoms with van der Waals surface area (Å²) in [6.45, 7) is 11.1. The number of hydrogen-bond acceptors (Lipinski definition) is 9. The first-order valence-corrected chi connectivity index (χ1v) is 16.6. The number of piperazine rings is 2. The molecule has 3 saturated heterocycles. The van der Waals surface area contributed by atoms with Crippen molar-refractivity contribution in [1.82, 2.24) is 39.4 Å². The second-order valence-corrected chi connectivity index (χ2v) is 12.9. The Labute approximate surface area is 269 Å². The highest BCUT2D eigenvalue weighted by atomic mass is 19.1. The first kappa shape index (κ1) is 30.9. The molecule has 3 aliphatic rings. The van der Waals surface area contributed by atoms with Crippen LogP contribution in [0.4, 0.5) is 20.3 Å². The van der Waals surface area contributed by atoms with Gasteiger partial charge in [0.1, 0.15) is 22.9 Å². The van der Waals surface area contributed by atoms with E-state index < -0.39 is 11.6 Å². The monoisotopic (exact) mass is 630 g/mol. The molecule has 0 radical (unpaired) electrons. The standard InChI is InChI=1S/C34H44F2N10/c1-41-12-16-43(17-13-41)18-21-45(28-4-3-11-37-22-28)34-31(36)32(25-5-8-27(9-6-25)44-19-14-42(2)15-20-44)39-33(40-34)29-23-38-30-10-7-26(35)24-46(29)30/h5-10,23-24,28,37H,3-4,11-22H2,1-2H3. The quantitative estimate of drug-likeness (QED) is 0.316. The van der Waals surface area contributed by atoms with E-state index >= 15 is 4.39 Å². The number of pyridine rings is 1. The van der Waals surface area contributed by atoms with Crippen molar-refractivity contribution in [3.05, 3.63) is 60.4 Å². The Morgan fingerprint density at radius 1 is 0.891 bits per heavy atom. The Morgan fingerprint density at radius 2 is 1.63 bits per heavy atom. The summed E-state index contributed by atoms with van der Waals surface area (Å²) in [4.78, 5) is 25.8. The molecule has 7 rings (SSSR count). The van der Waals surface area contributed by atoms with Gasteiger partial charge in [0, 0.05) is 95.5 Å². The van der Waals surface area contributed by atoms with Gasteiger partial charge in [-0.25, -0.2) is 23.7 Å². The van der Waals surface area contributed by atoms with Gasteiger partial charge in [0.2, 0.25) is 0 Å². The summed E-state index contributed by atoms with van der Waals surface area (Å²) >= 11 is 0. The Morgan fingerprint density at radius 3 is 2.35 bits per heavy atom. The zero-order chi connectivity index (χ0) is 31.6. The number of imidazole rings is 1. The van der Waals surface area contributed by atoms with Gasteiger partial charge in [-0.2, -0.15) is 0 Å². The second-order valence-electron chi connectivity index (χ2n) is 12.9. The van der Waals surface area contributed by atoms with Crippen LogP contribution in [0.3, 0.4) is 0 Å². The summed E-state index contributed by atoms with van der Waals surface area (Å²) in [6, 6.07) is 11.1. The summed E-state index contributed by atoms with van der Waals surface area (Å²) in [6.07, 6.45) is 4.99. The lowest BCUT2D eigenvalue weighted by Crippen LogP contribution is -2.51. The van der Waals surface area contributed by atoms with Crippen molar-refractivity contribution in [1.29, 1.82) is 0 Å². The van der Waals surface area contributed by atoms with Crippen LogP contribution in [-0.4, -0.2) is 133 Å². The van der Waals surface area contributed by atoms with Crippen molar-refractivity contribution in [2.45, 2.75) is 18.9 Å². The number of hydrogen-bond donors (Lipinski definition) is 1. The smallest absolute Gasteiger partial charge is 0.191 e. The average Bonchev–Trinajstić information content (AvgIpc) is 3.50. The highest BCUT2D eigenvalue weighted by Gasteiger charge is 2.29. The third kappa shape index (κ3) is 6.57. The predicted octanol–water partition coefficient (Wildman–Crippen LogP) is 3.29. The maximum Gasteiger partial charge on any atom is 0.191 e. The number of piperidine rings is 1. The molecular weight excluding hydrogens is 586 g/mol. The molecular formula is C34H44F2N10. The summed E-state index contributed by atoms with van der Waals surface area (Å²) in [5, 5.41) is 3.52. The number of nitrogens with zero attached hydrogens (tertiary/aromatic N) is 9. The molecule has 0 bridgehead atoms. The largest absolute Gasteiger partial charge is 0.369 e. The van der Waals surface area contributed by atoms with Crippen LogP contribution >= 0.6 is 0 Å². The van der Waals surface area contributed by atoms with Gasteiger partial charge >= 0.3 is 0 Å². The van der Waals surface area contributed by atoms with Gasteiger partial charge in [0.05, 0.1) is 6.20 Å². The van der Waals surface area contributed by atoms with Crippen LogP contribution in [0.25, 0.3) is 28.4 Å². The minimum Gasteiger partial charge on any atom is -0.369 e. The molecule has 12 heteroatoms. The van der Waals surface area contributed by atoms with Crippen molar-refractivity contribution in [2.75, 3.05) is 102 Å². The molecule has 6 heterocycles. The van der Waals surface area contributed by atoms with Crippen molar-refractivity contribution < 1.29 is 8.78 Å². The van der Waals surface area contributed by atoms with Gasteiger partial charge < -0.3 is 24.9 Å². The normalized spacial score (nSPS) is 20.4. The lowest BCUT2D eigenvalue weighted by Gasteiger charge is -2.39. The lowest BCUT2D eigenvalue weighted by atomic mass is 10.0. The van der Waals surface area contributed by atoms with Crippen molar-refractivity contribution in [2.24, 2.45) is 0 Å². The third-order valence-electron chi connectivity index (χ3n) is 9.78. The molecule has 1 atom stereocenters. The molecule has 1 aromatic carbocycles. The molecule has 3 aliphatic heterocycles. The van der Waals surface area contributed by atoms with Crippen molar-refractivity contribution in [3.63, 3.8) is 0 Å². The topological polar surface area (TPSA) is 71.3 Å². The van der Waals surface area contributed by atoms with E-state index in [9.17, 15) is 4.39 Å². The first-order chi connectivity index (χ1) is 22.4. The third-order valence-corrected chi connectivity index (χ3v) is 9.78. The van der Waals surface area contributed by atoms with Gasteiger partial charge in [-0.05, 0) is 57.7 Å². The lowest BCUT2D eigenvalue weighted by molar-refractivity contribution is 0.155. The Kier molecular flexibility index (Phi) is 9.12. The number of halogens is 2. The molecule has 0 amide bonds. The molecule has 46 heavy (non-hydrogen) atoms. The zero-order valence-corrected chi connectivity index (χ0v) is 26.9. The van der Waals surface area contributed by atoms with Crippen LogP contribution in [0.5, 0.6) is 0 Å². The fourth-order valence-electron chi connectivity index (χ4n) is 6.83. The summed E-state index contributed by atoms with van der Waals surface area (Å²) in [7, 11) is 4.30. The molecule has 3 fully saturated rings. The van der Waals surface area contributed by atoms with Gasteiger partial charge in [-0.1, -0.05) is 12.1 Å². The molecule has 4 aromatic rings. The van der Waals surface area contributed by atoms with E-state index in [0.717, 1.165) is 90.5 Å². The number of benzene rings is 1. The SMILES string of the molecule is CN1CCN(CCN(c2nc(-c3cnc4ccc(F)cn34)nc(-c3ccc(N4CCN(C)CC4)cc3)c2F)C2CCCNC2)CC1. The Hall–Kier alpha value is -3.71. The number of fused-ring (bicyclic) bond motifs is 1. The number of aromatic nitrogens is 4. The van der Waals surface area contributed by atoms with Crippen LogP contribution in [0.1, 0.15) is 12.8 Å². The number of nitrogens with one attached hydrogen (secondary N) is 1. The Balaban J connectivity index is 1.29. The molecule has 0 saturated carbocycles. The molecule has 10 nitrogen and oxygen atoms in total. The van der Waals surface area contributed by atoms with E-state index in [1.54, 1.807) is 16.7 Å². The minimum atomic E-state index is -0.431. The van der Waals surface area contributed by atoms with Crippen LogP contribution < -0.4 is 15.1 Å². The summed E-state index contributed by atoms with van der Waals surface area (Å²) < 4.78 is 33.0. The van der Waals surface area contributed by atoms with Crippen LogP contribution in [0.2, 0.25) is 0 Å². The fourth-order valence-corrected chi connectivity index (χ4v) is 6.83. The summed E-state index contributed by atoms with van der Waals surface area (Å²) in [5.74, 6) is -0.214. The average molecular weight is 631 g/mol. The van der Waals surface area contributed by atoms with Gasteiger partial charge in [-0.3, -0.25) is 9.30 Å². The van der Waals surface area contributed by atoms with E-state index in [1.165, 1.54) is 12.3 Å². The summed E-state index contributed by atoms with van der Waals surface area (Å²) in [5.41, 5.74) is 3.14. The molecule has 1 unspecified atom stereocenters. The number of anilines is 2. The maximum atomic E-state index is 17.0. The molecule has 244 valence electrons. The second kappa shape index (κ2) is 13.6. The van der Waals surface area contributed by atoms with Gasteiger partial charge in [0.15, 0.2) is 17.5 Å². The fraction of sp³-hybridized carbons (Fsp3) is 0.500. The Bertz CT molecular complexity index is 1620. The minimum absolute atomic E-state index is 0.0885. The van der Waals surface area contributed by atoms with E-state index in [4.69, 9.17) is 9.97 Å². The van der Waals surface area contributed by atoms with Crippen molar-refractivity contribution >= 4 is 17.2 Å². The number of likely N-dealkylation sites (N-methyl/N-ethyl adjacent to an activating group) is 2. The van der Waals surface area contributed by atoms with Crippen LogP contribution in [0, 0.1) is 11.6 Å². The highest BCUT2D eigenvalue weighted by Crippen LogP contribution is 2.33. The zero-order valence-electron chi connectivity index (χ0n) is 26.9. The molecule has 3 aromatic heterocycles. The molecule has 0 spiro atoms. The van der Waals surface area contributed by atoms with Crippen LogP contribution in [-0.2, 0) is 0 Å². The predicted molar refractivity (Wildman–Crippen MR) is 178 cm³/mol. The van der Waals surface area contributed by atoms with E-state index in [0.29, 0.717) is 29.3 Å². The molecule has 0 aliphatic carbocycles. The van der Waals surface area contributed by atoms with Gasteiger partial charge in [-0.15, -0.1) is 0 Å². The van der Waals surface area contributed by atoms with E-state index in [-0.39, 0.29) is 17.6 Å². The van der Waals surface area contributed by atoms with E-state index in [1.807, 2.05) is 12.1 Å². The number of rotatable bonds is 8. The first-order valence-electron chi connectivity index (χ1n) is 16.6. The van der Waals surface area contributed by atoms with Crippen molar-refractivity contribution in [3.8, 4) is 22.8 Å².